The number of nitrogens with zero attached hydrogens (tertiary/aromatic N) is 1. The van der Waals surface area contributed by atoms with Crippen molar-refractivity contribution in [1.29, 1.82) is 0 Å². The van der Waals surface area contributed by atoms with E-state index in [-0.39, 0.29) is 18.4 Å². The van der Waals surface area contributed by atoms with Crippen molar-refractivity contribution < 1.29 is 13.9 Å². The molecular weight excluding hydrogens is 379 g/mol. The van der Waals surface area contributed by atoms with Crippen LogP contribution in [0.5, 0.6) is 5.75 Å². The van der Waals surface area contributed by atoms with Gasteiger partial charge in [0.1, 0.15) is 11.6 Å². The molecule has 3 aromatic rings. The average Bonchev–Trinajstić information content (AvgIpc) is 2.68. The predicted molar refractivity (Wildman–Crippen MR) is 106 cm³/mol. The van der Waals surface area contributed by atoms with Crippen LogP contribution in [0.25, 0.3) is 11.1 Å². The molecule has 0 spiro atoms. The van der Waals surface area contributed by atoms with Gasteiger partial charge in [0.15, 0.2) is 0 Å². The molecule has 4 rings (SSSR count). The van der Waals surface area contributed by atoms with Crippen molar-refractivity contribution in [3.8, 4) is 16.9 Å². The molecule has 1 aliphatic rings. The van der Waals surface area contributed by atoms with Gasteiger partial charge in [-0.25, -0.2) is 4.39 Å². The van der Waals surface area contributed by atoms with Gasteiger partial charge in [-0.15, -0.1) is 0 Å². The Balaban J connectivity index is 1.58. The summed E-state index contributed by atoms with van der Waals surface area (Å²) in [5, 5.41) is 3.42. The number of carbonyl (C=O) groups excluding carboxylic acids is 1. The van der Waals surface area contributed by atoms with E-state index in [2.05, 4.69) is 10.3 Å². The predicted octanol–water partition coefficient (Wildman–Crippen LogP) is 4.72. The summed E-state index contributed by atoms with van der Waals surface area (Å²) in [6, 6.07) is 13.6. The van der Waals surface area contributed by atoms with Gasteiger partial charge in [0.05, 0.1) is 19.1 Å². The summed E-state index contributed by atoms with van der Waals surface area (Å²) in [5.41, 5.74) is 3.29. The lowest BCUT2D eigenvalue weighted by Crippen LogP contribution is -2.33. The van der Waals surface area contributed by atoms with Crippen LogP contribution in [0, 0.1) is 5.82 Å². The quantitative estimate of drug-likeness (QED) is 0.694. The van der Waals surface area contributed by atoms with Crippen LogP contribution in [0.3, 0.4) is 0 Å². The van der Waals surface area contributed by atoms with E-state index in [0.29, 0.717) is 23.6 Å². The molecule has 142 valence electrons. The Labute approximate surface area is 167 Å². The van der Waals surface area contributed by atoms with E-state index in [4.69, 9.17) is 16.3 Å². The van der Waals surface area contributed by atoms with Crippen molar-refractivity contribution in [3.63, 3.8) is 0 Å². The van der Waals surface area contributed by atoms with Gasteiger partial charge in [-0.3, -0.25) is 9.78 Å². The number of hydrogen-bond acceptors (Lipinski definition) is 3. The van der Waals surface area contributed by atoms with Gasteiger partial charge in [-0.05, 0) is 59.2 Å². The number of pyridine rings is 1. The third-order valence-corrected chi connectivity index (χ3v) is 4.91. The van der Waals surface area contributed by atoms with Crippen molar-refractivity contribution in [2.45, 2.75) is 18.9 Å². The monoisotopic (exact) mass is 396 g/mol. The maximum atomic E-state index is 13.7. The Morgan fingerprint density at radius 3 is 2.75 bits per heavy atom. The summed E-state index contributed by atoms with van der Waals surface area (Å²) in [4.78, 5) is 16.5. The Bertz CT molecular complexity index is 990. The van der Waals surface area contributed by atoms with Gasteiger partial charge in [0, 0.05) is 29.4 Å². The number of halogens is 2. The number of nitrogens with one attached hydrogen (secondary N) is 1. The topological polar surface area (TPSA) is 51.2 Å². The second-order valence-corrected chi connectivity index (χ2v) is 7.14. The van der Waals surface area contributed by atoms with Gasteiger partial charge in [0.25, 0.3) is 0 Å². The molecule has 28 heavy (non-hydrogen) atoms. The zero-order valence-electron chi connectivity index (χ0n) is 15.0. The summed E-state index contributed by atoms with van der Waals surface area (Å²) in [6.07, 6.45) is 4.29. The highest BCUT2D eigenvalue weighted by molar-refractivity contribution is 6.30. The summed E-state index contributed by atoms with van der Waals surface area (Å²) in [7, 11) is 0. The molecule has 1 atom stereocenters. The third kappa shape index (κ3) is 4.15. The number of amides is 1. The first-order chi connectivity index (χ1) is 13.6. The van der Waals surface area contributed by atoms with E-state index in [0.717, 1.165) is 22.4 Å². The third-order valence-electron chi connectivity index (χ3n) is 4.69. The summed E-state index contributed by atoms with van der Waals surface area (Å²) >= 11 is 5.99. The Hall–Kier alpha value is -2.92. The lowest BCUT2D eigenvalue weighted by molar-refractivity contribution is -0.121. The Morgan fingerprint density at radius 1 is 1.14 bits per heavy atom. The fourth-order valence-corrected chi connectivity index (χ4v) is 3.60. The first-order valence-electron chi connectivity index (χ1n) is 9.00. The van der Waals surface area contributed by atoms with Gasteiger partial charge >= 0.3 is 0 Å². The first kappa shape index (κ1) is 18.4. The summed E-state index contributed by atoms with van der Waals surface area (Å²) < 4.78 is 19.5. The van der Waals surface area contributed by atoms with Crippen LogP contribution < -0.4 is 10.1 Å². The van der Waals surface area contributed by atoms with Crippen LogP contribution in [0.2, 0.25) is 5.02 Å². The molecule has 1 N–H and O–H groups in total. The maximum absolute atomic E-state index is 13.7. The number of carbonyl (C=O) groups is 1. The van der Waals surface area contributed by atoms with Crippen LogP contribution in [-0.4, -0.2) is 17.5 Å². The molecule has 6 heteroatoms. The second-order valence-electron chi connectivity index (χ2n) is 6.70. The molecule has 1 unspecified atom stereocenters. The van der Waals surface area contributed by atoms with Gasteiger partial charge in [0.2, 0.25) is 5.91 Å². The second kappa shape index (κ2) is 7.98. The lowest BCUT2D eigenvalue weighted by Gasteiger charge is -2.27. The minimum Gasteiger partial charge on any atom is -0.493 e. The first-order valence-corrected chi connectivity index (χ1v) is 9.38. The standard InChI is InChI=1S/C22H18ClFN2O2/c23-17-10-16(11-18(24)13-17)15-1-2-21-19(12-15)20(5-8-28-21)26-22(27)9-14-3-6-25-7-4-14/h1-4,6-7,10-13,20H,5,8-9H2,(H,26,27). The Kier molecular flexibility index (Phi) is 5.26. The molecule has 0 saturated heterocycles. The molecule has 0 radical (unpaired) electrons. The molecule has 0 fully saturated rings. The van der Waals surface area contributed by atoms with E-state index < -0.39 is 5.82 Å². The highest BCUT2D eigenvalue weighted by Crippen LogP contribution is 2.36. The van der Waals surface area contributed by atoms with Crippen molar-refractivity contribution in [2.75, 3.05) is 6.61 Å². The fraction of sp³-hybridized carbons (Fsp3) is 0.182. The number of fused-ring (bicyclic) bond motifs is 1. The molecule has 4 nitrogen and oxygen atoms in total. The largest absolute Gasteiger partial charge is 0.493 e. The summed E-state index contributed by atoms with van der Waals surface area (Å²) in [5.74, 6) is 0.272. The number of hydrogen-bond donors (Lipinski definition) is 1. The zero-order chi connectivity index (χ0) is 19.5. The van der Waals surface area contributed by atoms with E-state index in [1.165, 1.54) is 12.1 Å². The molecule has 0 aliphatic carbocycles. The minimum absolute atomic E-state index is 0.0664. The Morgan fingerprint density at radius 2 is 1.96 bits per heavy atom. The molecule has 0 saturated carbocycles. The van der Waals surface area contributed by atoms with Gasteiger partial charge in [-0.1, -0.05) is 17.7 Å². The zero-order valence-corrected chi connectivity index (χ0v) is 15.7. The van der Waals surface area contributed by atoms with Crippen LogP contribution in [0.4, 0.5) is 4.39 Å². The van der Waals surface area contributed by atoms with Crippen molar-refractivity contribution >= 4 is 17.5 Å². The number of benzene rings is 2. The van der Waals surface area contributed by atoms with Crippen LogP contribution in [0.15, 0.2) is 60.9 Å². The molecular formula is C22H18ClFN2O2. The van der Waals surface area contributed by atoms with Crippen molar-refractivity contribution in [1.82, 2.24) is 10.3 Å². The summed E-state index contributed by atoms with van der Waals surface area (Å²) in [6.45, 7) is 0.526. The molecule has 0 bridgehead atoms. The highest BCUT2D eigenvalue weighted by Gasteiger charge is 2.24. The van der Waals surface area contributed by atoms with E-state index in [1.54, 1.807) is 18.5 Å². The molecule has 1 aromatic heterocycles. The van der Waals surface area contributed by atoms with Gasteiger partial charge < -0.3 is 10.1 Å². The van der Waals surface area contributed by atoms with E-state index in [9.17, 15) is 9.18 Å². The van der Waals surface area contributed by atoms with Crippen LogP contribution in [-0.2, 0) is 11.2 Å². The maximum Gasteiger partial charge on any atom is 0.224 e. The number of ether oxygens (including phenoxy) is 1. The molecule has 2 heterocycles. The fourth-order valence-electron chi connectivity index (χ4n) is 3.38. The van der Waals surface area contributed by atoms with Crippen LogP contribution in [0.1, 0.15) is 23.6 Å². The average molecular weight is 397 g/mol. The molecule has 1 aliphatic heterocycles. The van der Waals surface area contributed by atoms with Crippen molar-refractivity contribution in [3.05, 3.63) is 82.9 Å². The molecule has 1 amide bonds. The smallest absolute Gasteiger partial charge is 0.224 e. The van der Waals surface area contributed by atoms with Crippen LogP contribution >= 0.6 is 11.6 Å². The number of aromatic nitrogens is 1. The highest BCUT2D eigenvalue weighted by atomic mass is 35.5. The normalized spacial score (nSPS) is 15.4. The SMILES string of the molecule is O=C(Cc1ccncc1)NC1CCOc2ccc(-c3cc(F)cc(Cl)c3)cc21. The molecule has 2 aromatic carbocycles. The van der Waals surface area contributed by atoms with Gasteiger partial charge in [-0.2, -0.15) is 0 Å². The number of rotatable bonds is 4. The van der Waals surface area contributed by atoms with Crippen molar-refractivity contribution in [2.24, 2.45) is 0 Å². The van der Waals surface area contributed by atoms with E-state index in [1.807, 2.05) is 30.3 Å². The van der Waals surface area contributed by atoms with E-state index >= 15 is 0 Å². The minimum atomic E-state index is -0.390. The lowest BCUT2D eigenvalue weighted by atomic mass is 9.95.